The number of primary amides is 1. The summed E-state index contributed by atoms with van der Waals surface area (Å²) < 4.78 is 4.94. The van der Waals surface area contributed by atoms with Gasteiger partial charge < -0.3 is 21.1 Å². The van der Waals surface area contributed by atoms with E-state index < -0.39 is 11.9 Å². The molecule has 122 valence electrons. The molecule has 1 aliphatic carbocycles. The van der Waals surface area contributed by atoms with E-state index in [1.165, 1.54) is 7.11 Å². The number of amides is 2. The summed E-state index contributed by atoms with van der Waals surface area (Å²) >= 11 is 0. The molecule has 1 aliphatic rings. The Morgan fingerprint density at radius 3 is 2.36 bits per heavy atom. The molecule has 6 nitrogen and oxygen atoms in total. The standard InChI is InChI=1S/C15H21N3O3.ClH/c1-21-9-13(16)15(20)18(12-6-7-12)8-10-2-4-11(5-3-10)14(17)19;/h2-5,12-13H,6-9,16H2,1H3,(H2,17,19);1H. The van der Waals surface area contributed by atoms with Crippen LogP contribution in [0.3, 0.4) is 0 Å². The predicted octanol–water partition coefficient (Wildman–Crippen LogP) is 0.672. The Hall–Kier alpha value is -1.63. The number of hydrogen-bond acceptors (Lipinski definition) is 4. The first-order valence-corrected chi connectivity index (χ1v) is 6.96. The number of hydrogen-bond donors (Lipinski definition) is 2. The molecule has 0 aliphatic heterocycles. The minimum Gasteiger partial charge on any atom is -0.383 e. The molecule has 1 fully saturated rings. The number of nitrogens with zero attached hydrogens (tertiary/aromatic N) is 1. The second kappa shape index (κ2) is 8.12. The Bertz CT molecular complexity index is 517. The molecule has 1 saturated carbocycles. The molecule has 1 aromatic carbocycles. The molecule has 22 heavy (non-hydrogen) atoms. The van der Waals surface area contributed by atoms with Gasteiger partial charge in [-0.25, -0.2) is 0 Å². The van der Waals surface area contributed by atoms with Gasteiger partial charge in [0.25, 0.3) is 0 Å². The highest BCUT2D eigenvalue weighted by Crippen LogP contribution is 2.29. The van der Waals surface area contributed by atoms with Crippen molar-refractivity contribution in [3.05, 3.63) is 35.4 Å². The van der Waals surface area contributed by atoms with Crippen molar-refractivity contribution < 1.29 is 14.3 Å². The van der Waals surface area contributed by atoms with E-state index in [0.717, 1.165) is 18.4 Å². The molecule has 0 bridgehead atoms. The molecule has 2 rings (SSSR count). The Balaban J connectivity index is 0.00000242. The Morgan fingerprint density at radius 1 is 1.32 bits per heavy atom. The van der Waals surface area contributed by atoms with Crippen LogP contribution in [-0.4, -0.2) is 42.5 Å². The zero-order valence-corrected chi connectivity index (χ0v) is 13.3. The summed E-state index contributed by atoms with van der Waals surface area (Å²) in [6.45, 7) is 0.697. The van der Waals surface area contributed by atoms with Crippen molar-refractivity contribution in [1.29, 1.82) is 0 Å². The fourth-order valence-electron chi connectivity index (χ4n) is 2.21. The van der Waals surface area contributed by atoms with E-state index in [-0.39, 0.29) is 31.0 Å². The number of nitrogens with two attached hydrogens (primary N) is 2. The van der Waals surface area contributed by atoms with Gasteiger partial charge in [0.05, 0.1) is 6.61 Å². The van der Waals surface area contributed by atoms with E-state index in [9.17, 15) is 9.59 Å². The Kier molecular flexibility index (Phi) is 6.80. The van der Waals surface area contributed by atoms with E-state index in [1.54, 1.807) is 17.0 Å². The summed E-state index contributed by atoms with van der Waals surface area (Å²) in [7, 11) is 1.52. The molecule has 1 atom stereocenters. The first-order valence-electron chi connectivity index (χ1n) is 6.96. The lowest BCUT2D eigenvalue weighted by molar-refractivity contribution is -0.135. The van der Waals surface area contributed by atoms with Crippen LogP contribution in [0.2, 0.25) is 0 Å². The number of carbonyl (C=O) groups is 2. The van der Waals surface area contributed by atoms with Crippen LogP contribution in [0, 0.1) is 0 Å². The molecule has 0 radical (unpaired) electrons. The van der Waals surface area contributed by atoms with E-state index in [4.69, 9.17) is 16.2 Å². The first kappa shape index (κ1) is 18.4. The summed E-state index contributed by atoms with van der Waals surface area (Å²) in [6, 6.07) is 6.58. The second-order valence-electron chi connectivity index (χ2n) is 5.32. The maximum Gasteiger partial charge on any atom is 0.248 e. The summed E-state index contributed by atoms with van der Waals surface area (Å²) in [6.07, 6.45) is 2.01. The smallest absolute Gasteiger partial charge is 0.248 e. The summed E-state index contributed by atoms with van der Waals surface area (Å²) in [5.41, 5.74) is 12.5. The van der Waals surface area contributed by atoms with Crippen molar-refractivity contribution in [3.63, 3.8) is 0 Å². The van der Waals surface area contributed by atoms with Crippen LogP contribution in [0.15, 0.2) is 24.3 Å². The number of rotatable bonds is 7. The topological polar surface area (TPSA) is 98.7 Å². The highest BCUT2D eigenvalue weighted by molar-refractivity contribution is 5.92. The minimum atomic E-state index is -0.638. The lowest BCUT2D eigenvalue weighted by atomic mass is 10.1. The SMILES string of the molecule is COCC(N)C(=O)N(Cc1ccc(C(N)=O)cc1)C1CC1.Cl. The van der Waals surface area contributed by atoms with Crippen LogP contribution >= 0.6 is 12.4 Å². The number of halogens is 1. The lowest BCUT2D eigenvalue weighted by Crippen LogP contribution is -2.46. The molecule has 7 heteroatoms. The molecular formula is C15H22ClN3O3. The fourth-order valence-corrected chi connectivity index (χ4v) is 2.21. The van der Waals surface area contributed by atoms with Crippen LogP contribution in [-0.2, 0) is 16.1 Å². The third kappa shape index (κ3) is 4.69. The molecule has 4 N–H and O–H groups in total. The van der Waals surface area contributed by atoms with Gasteiger partial charge in [-0.15, -0.1) is 12.4 Å². The van der Waals surface area contributed by atoms with Crippen LogP contribution in [0.25, 0.3) is 0 Å². The van der Waals surface area contributed by atoms with E-state index >= 15 is 0 Å². The quantitative estimate of drug-likeness (QED) is 0.769. The Morgan fingerprint density at radius 2 is 1.91 bits per heavy atom. The van der Waals surface area contributed by atoms with Crippen LogP contribution in [0.1, 0.15) is 28.8 Å². The van der Waals surface area contributed by atoms with E-state index in [2.05, 4.69) is 0 Å². The van der Waals surface area contributed by atoms with Gasteiger partial charge in [-0.1, -0.05) is 12.1 Å². The molecule has 0 heterocycles. The van der Waals surface area contributed by atoms with Crippen LogP contribution < -0.4 is 11.5 Å². The predicted molar refractivity (Wildman–Crippen MR) is 85.6 cm³/mol. The zero-order valence-electron chi connectivity index (χ0n) is 12.5. The second-order valence-corrected chi connectivity index (χ2v) is 5.32. The summed E-state index contributed by atoms with van der Waals surface area (Å²) in [5.74, 6) is -0.558. The maximum atomic E-state index is 12.3. The molecule has 1 aromatic rings. The largest absolute Gasteiger partial charge is 0.383 e. The molecule has 0 saturated heterocycles. The van der Waals surface area contributed by atoms with Crippen LogP contribution in [0.5, 0.6) is 0 Å². The molecule has 1 unspecified atom stereocenters. The molecule has 0 aromatic heterocycles. The van der Waals surface area contributed by atoms with Crippen molar-refractivity contribution in [3.8, 4) is 0 Å². The van der Waals surface area contributed by atoms with Crippen molar-refractivity contribution >= 4 is 24.2 Å². The third-order valence-electron chi connectivity index (χ3n) is 3.53. The third-order valence-corrected chi connectivity index (χ3v) is 3.53. The highest BCUT2D eigenvalue weighted by Gasteiger charge is 2.34. The minimum absolute atomic E-state index is 0. The fraction of sp³-hybridized carbons (Fsp3) is 0.467. The monoisotopic (exact) mass is 327 g/mol. The van der Waals surface area contributed by atoms with Gasteiger partial charge in [0.2, 0.25) is 11.8 Å². The van der Waals surface area contributed by atoms with E-state index in [1.807, 2.05) is 12.1 Å². The maximum absolute atomic E-state index is 12.3. The Labute approximate surface area is 136 Å². The normalized spacial score (nSPS) is 14.8. The van der Waals surface area contributed by atoms with Crippen molar-refractivity contribution in [2.24, 2.45) is 11.5 Å². The number of benzene rings is 1. The van der Waals surface area contributed by atoms with Gasteiger partial charge >= 0.3 is 0 Å². The van der Waals surface area contributed by atoms with Gasteiger partial charge in [-0.3, -0.25) is 9.59 Å². The zero-order chi connectivity index (χ0) is 15.4. The summed E-state index contributed by atoms with van der Waals surface area (Å²) in [4.78, 5) is 25.2. The van der Waals surface area contributed by atoms with Gasteiger partial charge in [-0.2, -0.15) is 0 Å². The van der Waals surface area contributed by atoms with Gasteiger partial charge in [0.15, 0.2) is 0 Å². The first-order chi connectivity index (χ1) is 10.0. The van der Waals surface area contributed by atoms with Crippen molar-refractivity contribution in [2.75, 3.05) is 13.7 Å². The number of carbonyl (C=O) groups excluding carboxylic acids is 2. The van der Waals surface area contributed by atoms with Crippen molar-refractivity contribution in [2.45, 2.75) is 31.5 Å². The van der Waals surface area contributed by atoms with Crippen molar-refractivity contribution in [1.82, 2.24) is 4.90 Å². The van der Waals surface area contributed by atoms with Gasteiger partial charge in [-0.05, 0) is 30.5 Å². The van der Waals surface area contributed by atoms with Gasteiger partial charge in [0.1, 0.15) is 6.04 Å². The average molecular weight is 328 g/mol. The van der Waals surface area contributed by atoms with Gasteiger partial charge in [0, 0.05) is 25.3 Å². The lowest BCUT2D eigenvalue weighted by Gasteiger charge is -2.25. The number of methoxy groups -OCH3 is 1. The summed E-state index contributed by atoms with van der Waals surface area (Å²) in [5, 5.41) is 0. The number of ether oxygens (including phenoxy) is 1. The average Bonchev–Trinajstić information content (AvgIpc) is 3.29. The highest BCUT2D eigenvalue weighted by atomic mass is 35.5. The molecular weight excluding hydrogens is 306 g/mol. The van der Waals surface area contributed by atoms with Crippen LogP contribution in [0.4, 0.5) is 0 Å². The molecule has 0 spiro atoms. The molecule has 2 amide bonds. The van der Waals surface area contributed by atoms with E-state index in [0.29, 0.717) is 12.1 Å².